The highest BCUT2D eigenvalue weighted by atomic mass is 32.2. The first-order valence-corrected chi connectivity index (χ1v) is 20.7. The van der Waals surface area contributed by atoms with Crippen LogP contribution in [-0.2, 0) is 25.8 Å². The van der Waals surface area contributed by atoms with Gasteiger partial charge in [0.1, 0.15) is 11.6 Å². The Kier molecular flexibility index (Phi) is 18.2. The molecule has 0 radical (unpaired) electrons. The highest BCUT2D eigenvalue weighted by Gasteiger charge is 2.44. The molecule has 3 rings (SSSR count). The molecule has 54 heavy (non-hydrogen) atoms. The number of unbranched alkanes of at least 4 members (excludes halogenated alkanes) is 1. The van der Waals surface area contributed by atoms with E-state index < -0.39 is 34.8 Å². The van der Waals surface area contributed by atoms with Crippen LogP contribution >= 0.6 is 11.8 Å². The zero-order chi connectivity index (χ0) is 39.7. The van der Waals surface area contributed by atoms with Crippen LogP contribution in [0.1, 0.15) is 68.2 Å². The zero-order valence-corrected chi connectivity index (χ0v) is 33.8. The number of thioether (sulfide) groups is 1. The summed E-state index contributed by atoms with van der Waals surface area (Å²) in [5.74, 6) is 0.0860. The van der Waals surface area contributed by atoms with Crippen molar-refractivity contribution in [1.82, 2.24) is 15.5 Å². The van der Waals surface area contributed by atoms with Gasteiger partial charge in [0, 0.05) is 42.6 Å². The van der Waals surface area contributed by atoms with E-state index in [9.17, 15) is 27.0 Å². The van der Waals surface area contributed by atoms with Gasteiger partial charge in [-0.3, -0.25) is 18.8 Å². The SMILES string of the molecule is C=C/C=C(/C(=O)NC1CCN(CCCCC(C(=O)NCC(F)(F)F)(c2ccccc2C)c2ccccc2C)CC1)C(=NC)SCCS(=O)C(/C=C\C)=C/C. The van der Waals surface area contributed by atoms with Crippen LogP contribution in [0.4, 0.5) is 13.2 Å². The second-order valence-corrected chi connectivity index (χ2v) is 16.0. The average Bonchev–Trinajstić information content (AvgIpc) is 3.15. The quantitative estimate of drug-likeness (QED) is 0.0524. The van der Waals surface area contributed by atoms with Crippen molar-refractivity contribution in [3.05, 3.63) is 118 Å². The molecular weight excluding hydrogens is 730 g/mol. The van der Waals surface area contributed by atoms with Crippen LogP contribution in [0.3, 0.4) is 0 Å². The minimum Gasteiger partial charge on any atom is -0.349 e. The summed E-state index contributed by atoms with van der Waals surface area (Å²) in [6.45, 7) is 12.2. The molecular formula is C42H55F3N4O3S2. The van der Waals surface area contributed by atoms with Gasteiger partial charge < -0.3 is 15.5 Å². The van der Waals surface area contributed by atoms with E-state index in [1.165, 1.54) is 11.8 Å². The van der Waals surface area contributed by atoms with E-state index in [4.69, 9.17) is 0 Å². The van der Waals surface area contributed by atoms with Gasteiger partial charge in [0.25, 0.3) is 5.91 Å². The number of hydrogen-bond donors (Lipinski definition) is 2. The number of carbonyl (C=O) groups is 2. The van der Waals surface area contributed by atoms with Crippen LogP contribution in [-0.4, -0.2) is 82.9 Å². The zero-order valence-electron chi connectivity index (χ0n) is 32.1. The summed E-state index contributed by atoms with van der Waals surface area (Å²) in [5, 5.41) is 5.97. The van der Waals surface area contributed by atoms with Crippen molar-refractivity contribution < 1.29 is 27.0 Å². The summed E-state index contributed by atoms with van der Waals surface area (Å²) in [6, 6.07) is 14.9. The molecule has 294 valence electrons. The molecule has 0 bridgehead atoms. The Morgan fingerprint density at radius 2 is 1.63 bits per heavy atom. The van der Waals surface area contributed by atoms with Gasteiger partial charge >= 0.3 is 6.18 Å². The number of halogens is 3. The Bertz CT molecular complexity index is 1680. The fourth-order valence-corrected chi connectivity index (χ4v) is 9.29. The molecule has 1 aliphatic heterocycles. The summed E-state index contributed by atoms with van der Waals surface area (Å²) in [6.07, 6.45) is 7.45. The molecule has 2 N–H and O–H groups in total. The molecule has 0 spiro atoms. The van der Waals surface area contributed by atoms with Crippen molar-refractivity contribution in [2.45, 2.75) is 77.4 Å². The van der Waals surface area contributed by atoms with Crippen molar-refractivity contribution >= 4 is 39.4 Å². The third-order valence-corrected chi connectivity index (χ3v) is 12.4. The van der Waals surface area contributed by atoms with Crippen LogP contribution < -0.4 is 10.6 Å². The fourth-order valence-electron chi connectivity index (χ4n) is 6.92. The number of aryl methyl sites for hydroxylation is 2. The average molecular weight is 785 g/mol. The van der Waals surface area contributed by atoms with Crippen LogP contribution in [0.25, 0.3) is 0 Å². The van der Waals surface area contributed by atoms with E-state index >= 15 is 0 Å². The Hall–Kier alpha value is -3.74. The molecule has 0 aromatic heterocycles. The second-order valence-electron chi connectivity index (χ2n) is 13.3. The van der Waals surface area contributed by atoms with Crippen molar-refractivity contribution in [2.75, 3.05) is 44.7 Å². The number of benzene rings is 2. The number of aliphatic imine (C=N–C) groups is 1. The number of carbonyl (C=O) groups excluding carboxylic acids is 2. The Labute approximate surface area is 326 Å². The first-order valence-electron chi connectivity index (χ1n) is 18.4. The number of allylic oxidation sites excluding steroid dienone is 5. The van der Waals surface area contributed by atoms with Gasteiger partial charge in [0.15, 0.2) is 0 Å². The minimum absolute atomic E-state index is 0.0252. The molecule has 1 atom stereocenters. The number of rotatable bonds is 18. The topological polar surface area (TPSA) is 90.9 Å². The van der Waals surface area contributed by atoms with Gasteiger partial charge in [-0.2, -0.15) is 13.2 Å². The van der Waals surface area contributed by atoms with Crippen molar-refractivity contribution in [3.63, 3.8) is 0 Å². The van der Waals surface area contributed by atoms with E-state index in [-0.39, 0.29) is 11.9 Å². The molecule has 1 heterocycles. The van der Waals surface area contributed by atoms with Crippen LogP contribution in [0.15, 0.2) is 101 Å². The fraction of sp³-hybridized carbons (Fsp3) is 0.452. The summed E-state index contributed by atoms with van der Waals surface area (Å²) in [5.41, 5.74) is 2.22. The third-order valence-electron chi connectivity index (χ3n) is 9.59. The summed E-state index contributed by atoms with van der Waals surface area (Å²) >= 11 is 1.40. The summed E-state index contributed by atoms with van der Waals surface area (Å²) in [4.78, 5) is 34.9. The number of nitrogens with one attached hydrogen (secondary N) is 2. The van der Waals surface area contributed by atoms with Gasteiger partial charge in [-0.25, -0.2) is 0 Å². The van der Waals surface area contributed by atoms with Gasteiger partial charge in [0.2, 0.25) is 5.91 Å². The Balaban J connectivity index is 1.63. The van der Waals surface area contributed by atoms with Crippen LogP contribution in [0.5, 0.6) is 0 Å². The van der Waals surface area contributed by atoms with Crippen LogP contribution in [0.2, 0.25) is 0 Å². The molecule has 2 amide bonds. The molecule has 1 saturated heterocycles. The first-order chi connectivity index (χ1) is 25.8. The van der Waals surface area contributed by atoms with Gasteiger partial charge in [0.05, 0.1) is 21.8 Å². The van der Waals surface area contributed by atoms with E-state index in [1.807, 2.05) is 94.5 Å². The van der Waals surface area contributed by atoms with Crippen LogP contribution in [0, 0.1) is 13.8 Å². The van der Waals surface area contributed by atoms with Crippen molar-refractivity contribution in [3.8, 4) is 0 Å². The molecule has 7 nitrogen and oxygen atoms in total. The van der Waals surface area contributed by atoms with Crippen molar-refractivity contribution in [2.24, 2.45) is 4.99 Å². The van der Waals surface area contributed by atoms with E-state index in [0.717, 1.165) is 54.9 Å². The number of piperidine rings is 1. The number of alkyl halides is 3. The summed E-state index contributed by atoms with van der Waals surface area (Å²) in [7, 11) is 0.491. The second kappa shape index (κ2) is 22.0. The number of likely N-dealkylation sites (tertiary alicyclic amines) is 1. The maximum atomic E-state index is 14.0. The normalized spacial score (nSPS) is 16.0. The molecule has 1 aliphatic rings. The Morgan fingerprint density at radius 3 is 2.15 bits per heavy atom. The molecule has 0 aliphatic carbocycles. The van der Waals surface area contributed by atoms with Gasteiger partial charge in [-0.05, 0) is 88.3 Å². The lowest BCUT2D eigenvalue weighted by Gasteiger charge is -2.37. The molecule has 1 fully saturated rings. The monoisotopic (exact) mass is 784 g/mol. The standard InChI is InChI=1S/C42H55F3N4O3S2/c1-7-16-34(9-3)54(52)29-28-53-39(46-6)35(17-8-2)38(50)48-33-22-26-49(27-23-33)25-15-14-24-41(36-20-12-10-18-31(36)4,37-21-13-11-19-32(37)5)40(51)47-30-42(43,44)45/h7-13,16-21,33H,2,14-15,22-30H2,1,3-6H3,(H,47,51)(H,48,50)/b16-7-,34-9+,35-17-,46-39?. The minimum atomic E-state index is -4.54. The lowest BCUT2D eigenvalue weighted by atomic mass is 9.67. The highest BCUT2D eigenvalue weighted by molar-refractivity contribution is 8.15. The molecule has 1 unspecified atom stereocenters. The number of nitrogens with zero attached hydrogens (tertiary/aromatic N) is 2. The predicted molar refractivity (Wildman–Crippen MR) is 219 cm³/mol. The molecule has 2 aromatic rings. The lowest BCUT2D eigenvalue weighted by Crippen LogP contribution is -2.49. The molecule has 2 aromatic carbocycles. The smallest absolute Gasteiger partial charge is 0.349 e. The maximum Gasteiger partial charge on any atom is 0.405 e. The highest BCUT2D eigenvalue weighted by Crippen LogP contribution is 2.41. The number of amides is 2. The Morgan fingerprint density at radius 1 is 1.02 bits per heavy atom. The van der Waals surface area contributed by atoms with Crippen molar-refractivity contribution in [1.29, 1.82) is 0 Å². The van der Waals surface area contributed by atoms with Gasteiger partial charge in [-0.15, -0.1) is 11.8 Å². The maximum absolute atomic E-state index is 14.0. The first kappa shape index (κ1) is 44.7. The lowest BCUT2D eigenvalue weighted by molar-refractivity contribution is -0.141. The third kappa shape index (κ3) is 12.7. The van der Waals surface area contributed by atoms with E-state index in [0.29, 0.717) is 46.1 Å². The summed E-state index contributed by atoms with van der Waals surface area (Å²) < 4.78 is 52.7. The van der Waals surface area contributed by atoms with E-state index in [1.54, 1.807) is 19.2 Å². The van der Waals surface area contributed by atoms with Gasteiger partial charge in [-0.1, -0.05) is 85.8 Å². The van der Waals surface area contributed by atoms with E-state index in [2.05, 4.69) is 27.1 Å². The number of hydrogen-bond acceptors (Lipinski definition) is 6. The largest absolute Gasteiger partial charge is 0.405 e. The molecule has 12 heteroatoms. The molecule has 0 saturated carbocycles. The predicted octanol–water partition coefficient (Wildman–Crippen LogP) is 8.12.